The van der Waals surface area contributed by atoms with E-state index in [9.17, 15) is 24.9 Å². The smallest absolute Gasteiger partial charge is 0.344 e. The molecule has 0 amide bonds. The van der Waals surface area contributed by atoms with Gasteiger partial charge in [-0.3, -0.25) is 4.79 Å². The first kappa shape index (κ1) is 73.8. The predicted octanol–water partition coefficient (Wildman–Crippen LogP) is 19.0. The van der Waals surface area contributed by atoms with Crippen molar-refractivity contribution < 1.29 is 39.1 Å². The molecule has 0 radical (unpaired) electrons. The molecule has 0 bridgehead atoms. The molecule has 6 aromatic carbocycles. The third kappa shape index (κ3) is 21.7. The van der Waals surface area contributed by atoms with E-state index in [1.54, 1.807) is 19.9 Å². The Balaban J connectivity index is 0.000000269. The van der Waals surface area contributed by atoms with Crippen molar-refractivity contribution in [3.63, 3.8) is 0 Å². The lowest BCUT2D eigenvalue weighted by Gasteiger charge is -2.19. The second-order valence-corrected chi connectivity index (χ2v) is 27.8. The maximum absolute atomic E-state index is 12.1. The Labute approximate surface area is 558 Å². The van der Waals surface area contributed by atoms with Gasteiger partial charge in [-0.25, -0.2) is 34.7 Å². The number of aromatic hydroxyl groups is 3. The minimum atomic E-state index is -0.454. The number of hydrogen-bond donors (Lipinski definition) is 3. The van der Waals surface area contributed by atoms with Gasteiger partial charge in [0.25, 0.3) is 0 Å². The number of alkyl halides is 1. The summed E-state index contributed by atoms with van der Waals surface area (Å²) in [4.78, 5) is 51.3. The Morgan fingerprint density at radius 2 is 0.699 bits per heavy atom. The molecule has 0 spiro atoms. The molecule has 0 fully saturated rings. The molecule has 8 rings (SSSR count). The maximum Gasteiger partial charge on any atom is 0.344 e. The first-order chi connectivity index (χ1) is 44.0. The highest BCUT2D eigenvalue weighted by atomic mass is 35.5. The van der Waals surface area contributed by atoms with Gasteiger partial charge in [-0.15, -0.1) is 11.6 Å². The minimum absolute atomic E-state index is 0.0131. The SMILES string of the molecule is CCCCCCc1cc(-c2nc(-c3ccc(C(C)(C)C)cc3)nc(-c3ccc(C(C)(C)C)cc3)n2)c(O)cc1O.CCCCCCc1cc(-c2nc(-c3ccc(C(C)(C)C)cc3)nc(-c3ccc(C(C)(C)C)cc3)n2)c(O)cc1OCC(=O)OCC.CCOC(=O)CCl. The number of unbranched alkanes of at least 4 members (excludes halogenated alkanes) is 6. The van der Waals surface area contributed by atoms with Gasteiger partial charge in [-0.2, -0.15) is 0 Å². The van der Waals surface area contributed by atoms with Crippen molar-refractivity contribution >= 4 is 23.5 Å². The summed E-state index contributed by atoms with van der Waals surface area (Å²) in [6.45, 7) is 34.6. The molecular formula is C78H99ClN6O8. The quantitative estimate of drug-likeness (QED) is 0.0329. The monoisotopic (exact) mass is 1280 g/mol. The van der Waals surface area contributed by atoms with E-state index in [0.717, 1.165) is 97.6 Å². The van der Waals surface area contributed by atoms with E-state index >= 15 is 0 Å². The van der Waals surface area contributed by atoms with E-state index in [4.69, 9.17) is 51.0 Å². The Morgan fingerprint density at radius 3 is 1.01 bits per heavy atom. The molecular weight excluding hydrogens is 1180 g/mol. The van der Waals surface area contributed by atoms with Gasteiger partial charge >= 0.3 is 11.9 Å². The average Bonchev–Trinajstić information content (AvgIpc) is 1.10. The van der Waals surface area contributed by atoms with Crippen LogP contribution >= 0.6 is 11.6 Å². The van der Waals surface area contributed by atoms with Gasteiger partial charge in [-0.1, -0.05) is 233 Å². The minimum Gasteiger partial charge on any atom is -0.508 e. The number of ether oxygens (including phenoxy) is 3. The van der Waals surface area contributed by atoms with E-state index < -0.39 is 5.97 Å². The second-order valence-electron chi connectivity index (χ2n) is 27.6. The van der Waals surface area contributed by atoms with Gasteiger partial charge < -0.3 is 29.5 Å². The number of halogens is 1. The summed E-state index contributed by atoms with van der Waals surface area (Å²) in [6.07, 6.45) is 10.1. The van der Waals surface area contributed by atoms with Crippen LogP contribution in [0.5, 0.6) is 23.0 Å². The van der Waals surface area contributed by atoms with Crippen molar-refractivity contribution in [1.82, 2.24) is 29.9 Å². The number of carbonyl (C=O) groups excluding carboxylic acids is 2. The van der Waals surface area contributed by atoms with E-state index in [2.05, 4.69) is 150 Å². The highest BCUT2D eigenvalue weighted by molar-refractivity contribution is 6.26. The van der Waals surface area contributed by atoms with Crippen LogP contribution in [0.25, 0.3) is 68.3 Å². The lowest BCUT2D eigenvalue weighted by atomic mass is 9.86. The maximum atomic E-state index is 12.1. The van der Waals surface area contributed by atoms with Crippen LogP contribution in [0, 0.1) is 0 Å². The number of hydrogen-bond acceptors (Lipinski definition) is 14. The summed E-state index contributed by atoms with van der Waals surface area (Å²) >= 11 is 5.06. The van der Waals surface area contributed by atoms with Crippen molar-refractivity contribution in [3.8, 4) is 91.3 Å². The number of nitrogens with zero attached hydrogens (tertiary/aromatic N) is 6. The van der Waals surface area contributed by atoms with Crippen molar-refractivity contribution in [3.05, 3.63) is 155 Å². The molecule has 2 heterocycles. The topological polar surface area (TPSA) is 200 Å². The number of aromatic nitrogens is 6. The molecule has 14 nitrogen and oxygen atoms in total. The molecule has 2 aromatic heterocycles. The predicted molar refractivity (Wildman–Crippen MR) is 377 cm³/mol. The number of benzene rings is 6. The van der Waals surface area contributed by atoms with Crippen LogP contribution in [0.2, 0.25) is 0 Å². The summed E-state index contributed by atoms with van der Waals surface area (Å²) in [5.41, 5.74) is 11.1. The molecule has 0 aliphatic rings. The molecule has 8 aromatic rings. The lowest BCUT2D eigenvalue weighted by molar-refractivity contribution is -0.145. The van der Waals surface area contributed by atoms with Crippen LogP contribution < -0.4 is 4.74 Å². The van der Waals surface area contributed by atoms with Gasteiger partial charge in [0.2, 0.25) is 0 Å². The van der Waals surface area contributed by atoms with E-state index in [-0.39, 0.29) is 64.0 Å². The lowest BCUT2D eigenvalue weighted by Crippen LogP contribution is -2.15. The highest BCUT2D eigenvalue weighted by Gasteiger charge is 2.23. The largest absolute Gasteiger partial charge is 0.508 e. The summed E-state index contributed by atoms with van der Waals surface area (Å²) in [5.74, 6) is 2.47. The van der Waals surface area contributed by atoms with E-state index in [1.807, 2.05) is 60.7 Å². The summed E-state index contributed by atoms with van der Waals surface area (Å²) in [7, 11) is 0. The third-order valence-corrected chi connectivity index (χ3v) is 16.0. The number of phenols is 3. The zero-order chi connectivity index (χ0) is 68.3. The molecule has 0 unspecified atom stereocenters. The standard InChI is InChI=1S/C39H49N3O4.C35H43N3O2.C4H7ClO2/c1-9-11-12-13-14-28-23-31(32(43)24-33(28)46-25-34(44)45-10-2)37-41-35(26-15-19-29(20-16-26)38(3,4)5)40-36(42-37)27-17-21-30(22-18-27)39(6,7)8;1-8-9-10-11-12-25-21-28(30(40)22-29(25)39)33-37-31(23-13-17-26(18-14-23)34(2,3)4)36-32(38-33)24-15-19-27(20-16-24)35(5,6)7;1-2-7-4(6)3-5/h15-24,43H,9-14,25H2,1-8H3;13-22,39-40H,8-12H2,1-7H3;2-3H2,1H3. The normalized spacial score (nSPS) is 11.7. The summed E-state index contributed by atoms with van der Waals surface area (Å²) < 4.78 is 15.3. The van der Waals surface area contributed by atoms with Gasteiger partial charge in [0, 0.05) is 34.4 Å². The van der Waals surface area contributed by atoms with Gasteiger partial charge in [-0.05, 0) is 107 Å². The molecule has 93 heavy (non-hydrogen) atoms. The van der Waals surface area contributed by atoms with E-state index in [0.29, 0.717) is 58.4 Å². The number of aryl methyl sites for hydroxylation is 2. The number of phenolic OH excluding ortho intramolecular Hbond substituents is 3. The highest BCUT2D eigenvalue weighted by Crippen LogP contribution is 2.39. The first-order valence-electron chi connectivity index (χ1n) is 32.8. The fraction of sp³-hybridized carbons (Fsp3) is 0.436. The van der Waals surface area contributed by atoms with E-state index in [1.165, 1.54) is 28.3 Å². The van der Waals surface area contributed by atoms with Crippen LogP contribution in [-0.4, -0.2) is 82.9 Å². The molecule has 496 valence electrons. The third-order valence-electron chi connectivity index (χ3n) is 15.8. The Morgan fingerprint density at radius 1 is 0.387 bits per heavy atom. The number of esters is 2. The molecule has 0 aliphatic carbocycles. The zero-order valence-corrected chi connectivity index (χ0v) is 58.6. The molecule has 0 saturated heterocycles. The van der Waals surface area contributed by atoms with Crippen molar-refractivity contribution in [1.29, 1.82) is 0 Å². The number of carbonyl (C=O) groups is 2. The number of rotatable bonds is 22. The second kappa shape index (κ2) is 33.6. The average molecular weight is 1280 g/mol. The van der Waals surface area contributed by atoms with Crippen molar-refractivity contribution in [2.75, 3.05) is 25.7 Å². The molecule has 0 saturated carbocycles. The Kier molecular flexibility index (Phi) is 26.6. The van der Waals surface area contributed by atoms with Crippen LogP contribution in [0.1, 0.15) is 196 Å². The summed E-state index contributed by atoms with van der Waals surface area (Å²) in [5, 5.41) is 32.8. The molecule has 0 aliphatic heterocycles. The first-order valence-corrected chi connectivity index (χ1v) is 33.4. The van der Waals surface area contributed by atoms with Gasteiger partial charge in [0.05, 0.1) is 24.3 Å². The van der Waals surface area contributed by atoms with Crippen molar-refractivity contribution in [2.45, 2.75) is 197 Å². The fourth-order valence-corrected chi connectivity index (χ4v) is 10.2. The molecule has 0 atom stereocenters. The zero-order valence-electron chi connectivity index (χ0n) is 57.9. The van der Waals surface area contributed by atoms with Crippen LogP contribution in [-0.2, 0) is 53.6 Å². The molecule has 3 N–H and O–H groups in total. The Bertz CT molecular complexity index is 3560. The van der Waals surface area contributed by atoms with Gasteiger partial charge in [0.1, 0.15) is 28.9 Å². The van der Waals surface area contributed by atoms with Crippen molar-refractivity contribution in [2.24, 2.45) is 0 Å². The van der Waals surface area contributed by atoms with Crippen LogP contribution in [0.15, 0.2) is 121 Å². The van der Waals surface area contributed by atoms with Crippen LogP contribution in [0.3, 0.4) is 0 Å². The van der Waals surface area contributed by atoms with Crippen LogP contribution in [0.4, 0.5) is 0 Å². The Hall–Kier alpha value is -8.23. The van der Waals surface area contributed by atoms with Gasteiger partial charge in [0.15, 0.2) is 41.6 Å². The summed E-state index contributed by atoms with van der Waals surface area (Å²) in [6, 6.07) is 39.9. The molecule has 15 heteroatoms. The fourth-order valence-electron chi connectivity index (χ4n) is 10.1.